The average Bonchev–Trinajstić information content (AvgIpc) is 3.09. The minimum atomic E-state index is 0.656. The summed E-state index contributed by atoms with van der Waals surface area (Å²) >= 11 is 3.50. The van der Waals surface area contributed by atoms with Crippen LogP contribution in [0.1, 0.15) is 44.6 Å². The molecular weight excluding hydrogens is 274 g/mol. The quantitative estimate of drug-likeness (QED) is 0.824. The minimum absolute atomic E-state index is 0.656. The monoisotopic (exact) mass is 295 g/mol. The van der Waals surface area contributed by atoms with Crippen molar-refractivity contribution in [3.63, 3.8) is 0 Å². The Morgan fingerprint density at radius 1 is 1.24 bits per heavy atom. The first-order valence-electron chi connectivity index (χ1n) is 6.64. The molecule has 2 heteroatoms. The van der Waals surface area contributed by atoms with Crippen molar-refractivity contribution in [2.45, 2.75) is 45.1 Å². The van der Waals surface area contributed by atoms with E-state index < -0.39 is 0 Å². The lowest BCUT2D eigenvalue weighted by molar-refractivity contribution is 0.469. The molecule has 0 spiro atoms. The zero-order chi connectivity index (χ0) is 12.3. The Hall–Kier alpha value is -0.340. The number of nitrogens with one attached hydrogen (secondary N) is 1. The van der Waals surface area contributed by atoms with E-state index in [-0.39, 0.29) is 0 Å². The van der Waals surface area contributed by atoms with Gasteiger partial charge in [-0.15, -0.1) is 0 Å². The lowest BCUT2D eigenvalue weighted by Crippen LogP contribution is -2.24. The Kier molecular flexibility index (Phi) is 4.63. The molecule has 17 heavy (non-hydrogen) atoms. The minimum Gasteiger partial charge on any atom is -0.313 e. The Morgan fingerprint density at radius 3 is 2.41 bits per heavy atom. The van der Waals surface area contributed by atoms with E-state index in [9.17, 15) is 0 Å². The van der Waals surface area contributed by atoms with Crippen molar-refractivity contribution in [1.29, 1.82) is 0 Å². The molecule has 0 aliphatic heterocycles. The molecule has 1 nitrogen and oxygen atoms in total. The van der Waals surface area contributed by atoms with Gasteiger partial charge in [0.2, 0.25) is 0 Å². The van der Waals surface area contributed by atoms with Crippen molar-refractivity contribution in [2.24, 2.45) is 5.92 Å². The maximum atomic E-state index is 3.66. The highest BCUT2D eigenvalue weighted by Crippen LogP contribution is 2.26. The largest absolute Gasteiger partial charge is 0.313 e. The Labute approximate surface area is 113 Å². The Bertz CT molecular complexity index is 340. The molecule has 1 aliphatic rings. The summed E-state index contributed by atoms with van der Waals surface area (Å²) in [6.45, 7) is 5.75. The molecule has 0 heterocycles. The SMILES string of the molecule is CC(C)CC(CNC1CC1)c1ccc(Br)cc1. The van der Waals surface area contributed by atoms with Gasteiger partial charge in [0.05, 0.1) is 0 Å². The molecular formula is C15H22BrN. The Morgan fingerprint density at radius 2 is 1.88 bits per heavy atom. The van der Waals surface area contributed by atoms with E-state index in [2.05, 4.69) is 59.4 Å². The van der Waals surface area contributed by atoms with E-state index in [1.165, 1.54) is 29.3 Å². The fourth-order valence-electron chi connectivity index (χ4n) is 2.24. The zero-order valence-electron chi connectivity index (χ0n) is 10.7. The van der Waals surface area contributed by atoms with Gasteiger partial charge in [0.1, 0.15) is 0 Å². The fraction of sp³-hybridized carbons (Fsp3) is 0.600. The van der Waals surface area contributed by atoms with Gasteiger partial charge in [0, 0.05) is 17.1 Å². The van der Waals surface area contributed by atoms with Gasteiger partial charge in [-0.25, -0.2) is 0 Å². The van der Waals surface area contributed by atoms with Crippen LogP contribution in [0.3, 0.4) is 0 Å². The maximum absolute atomic E-state index is 3.66. The molecule has 1 N–H and O–H groups in total. The molecule has 2 rings (SSSR count). The number of benzene rings is 1. The van der Waals surface area contributed by atoms with Crippen LogP contribution in [0.2, 0.25) is 0 Å². The summed E-state index contributed by atoms with van der Waals surface area (Å²) < 4.78 is 1.17. The summed E-state index contributed by atoms with van der Waals surface area (Å²) in [4.78, 5) is 0. The van der Waals surface area contributed by atoms with Crippen LogP contribution in [0.25, 0.3) is 0 Å². The van der Waals surface area contributed by atoms with Gasteiger partial charge in [0.15, 0.2) is 0 Å². The second-order valence-corrected chi connectivity index (χ2v) is 6.48. The summed E-state index contributed by atoms with van der Waals surface area (Å²) in [5.74, 6) is 1.41. The smallest absolute Gasteiger partial charge is 0.0175 e. The third-order valence-electron chi connectivity index (χ3n) is 3.33. The van der Waals surface area contributed by atoms with Crippen molar-refractivity contribution in [3.05, 3.63) is 34.3 Å². The van der Waals surface area contributed by atoms with Crippen molar-refractivity contribution in [1.82, 2.24) is 5.32 Å². The van der Waals surface area contributed by atoms with Crippen LogP contribution in [0.5, 0.6) is 0 Å². The average molecular weight is 296 g/mol. The maximum Gasteiger partial charge on any atom is 0.0175 e. The van der Waals surface area contributed by atoms with Crippen molar-refractivity contribution in [3.8, 4) is 0 Å². The molecule has 1 aromatic rings. The summed E-state index contributed by atoms with van der Waals surface area (Å²) in [7, 11) is 0. The lowest BCUT2D eigenvalue weighted by Gasteiger charge is -2.20. The van der Waals surface area contributed by atoms with E-state index in [4.69, 9.17) is 0 Å². The summed E-state index contributed by atoms with van der Waals surface area (Å²) in [5.41, 5.74) is 1.47. The summed E-state index contributed by atoms with van der Waals surface area (Å²) in [6, 6.07) is 9.62. The zero-order valence-corrected chi connectivity index (χ0v) is 12.3. The molecule has 0 aromatic heterocycles. The van der Waals surface area contributed by atoms with Gasteiger partial charge < -0.3 is 5.32 Å². The molecule has 1 saturated carbocycles. The van der Waals surface area contributed by atoms with Crippen LogP contribution in [0.15, 0.2) is 28.7 Å². The molecule has 1 aliphatic carbocycles. The molecule has 94 valence electrons. The van der Waals surface area contributed by atoms with Crippen LogP contribution in [-0.4, -0.2) is 12.6 Å². The summed E-state index contributed by atoms with van der Waals surface area (Å²) in [5, 5.41) is 3.66. The Balaban J connectivity index is 1.99. The van der Waals surface area contributed by atoms with E-state index in [0.717, 1.165) is 18.5 Å². The number of hydrogen-bond acceptors (Lipinski definition) is 1. The van der Waals surface area contributed by atoms with Crippen LogP contribution < -0.4 is 5.32 Å². The topological polar surface area (TPSA) is 12.0 Å². The predicted octanol–water partition coefficient (Wildman–Crippen LogP) is 4.33. The molecule has 0 amide bonds. The standard InChI is InChI=1S/C15H22BrN/c1-11(2)9-13(10-17-15-7-8-15)12-3-5-14(16)6-4-12/h3-6,11,13,15,17H,7-10H2,1-2H3. The highest BCUT2D eigenvalue weighted by Gasteiger charge is 2.22. The van der Waals surface area contributed by atoms with Crippen LogP contribution in [0, 0.1) is 5.92 Å². The van der Waals surface area contributed by atoms with E-state index in [1.807, 2.05) is 0 Å². The number of hydrogen-bond donors (Lipinski definition) is 1. The first-order valence-corrected chi connectivity index (χ1v) is 7.43. The van der Waals surface area contributed by atoms with Crippen molar-refractivity contribution >= 4 is 15.9 Å². The van der Waals surface area contributed by atoms with Gasteiger partial charge in [-0.3, -0.25) is 0 Å². The van der Waals surface area contributed by atoms with Gasteiger partial charge in [0.25, 0.3) is 0 Å². The third kappa shape index (κ3) is 4.44. The lowest BCUT2D eigenvalue weighted by atomic mass is 9.90. The van der Waals surface area contributed by atoms with Crippen molar-refractivity contribution in [2.75, 3.05) is 6.54 Å². The number of rotatable bonds is 6. The first-order chi connectivity index (χ1) is 8.15. The molecule has 0 radical (unpaired) electrons. The van der Waals surface area contributed by atoms with Crippen LogP contribution in [-0.2, 0) is 0 Å². The number of halogens is 1. The van der Waals surface area contributed by atoms with E-state index in [0.29, 0.717) is 5.92 Å². The second kappa shape index (κ2) is 6.01. The highest BCUT2D eigenvalue weighted by atomic mass is 79.9. The molecule has 0 bridgehead atoms. The highest BCUT2D eigenvalue weighted by molar-refractivity contribution is 9.10. The molecule has 1 aromatic carbocycles. The second-order valence-electron chi connectivity index (χ2n) is 5.56. The third-order valence-corrected chi connectivity index (χ3v) is 3.86. The normalized spacial score (nSPS) is 17.4. The fourth-order valence-corrected chi connectivity index (χ4v) is 2.50. The van der Waals surface area contributed by atoms with Crippen molar-refractivity contribution < 1.29 is 0 Å². The summed E-state index contributed by atoms with van der Waals surface area (Å²) in [6.07, 6.45) is 4.00. The van der Waals surface area contributed by atoms with Gasteiger partial charge in [-0.1, -0.05) is 41.9 Å². The molecule has 1 unspecified atom stereocenters. The van der Waals surface area contributed by atoms with E-state index in [1.54, 1.807) is 0 Å². The van der Waals surface area contributed by atoms with Gasteiger partial charge in [-0.05, 0) is 48.8 Å². The predicted molar refractivity (Wildman–Crippen MR) is 77.4 cm³/mol. The van der Waals surface area contributed by atoms with Gasteiger partial charge >= 0.3 is 0 Å². The van der Waals surface area contributed by atoms with Gasteiger partial charge in [-0.2, -0.15) is 0 Å². The molecule has 0 saturated heterocycles. The molecule has 1 fully saturated rings. The van der Waals surface area contributed by atoms with Crippen LogP contribution >= 0.6 is 15.9 Å². The first kappa shape index (κ1) is 13.1. The van der Waals surface area contributed by atoms with Crippen LogP contribution in [0.4, 0.5) is 0 Å². The van der Waals surface area contributed by atoms with E-state index >= 15 is 0 Å². The molecule has 1 atom stereocenters.